The summed E-state index contributed by atoms with van der Waals surface area (Å²) in [4.78, 5) is 11.0. The van der Waals surface area contributed by atoms with Gasteiger partial charge in [0.1, 0.15) is 17.6 Å². The third kappa shape index (κ3) is 3.89. The maximum Gasteiger partial charge on any atom is 0.334 e. The van der Waals surface area contributed by atoms with E-state index in [0.717, 1.165) is 0 Å². The minimum absolute atomic E-state index is 0.153. The van der Waals surface area contributed by atoms with Gasteiger partial charge < -0.3 is 14.6 Å². The third-order valence-electron chi connectivity index (χ3n) is 2.45. The largest absolute Gasteiger partial charge is 0.478 e. The van der Waals surface area contributed by atoms with Gasteiger partial charge in [-0.2, -0.15) is 0 Å². The van der Waals surface area contributed by atoms with Crippen LogP contribution in [0.4, 0.5) is 0 Å². The number of carbonyl (C=O) groups is 1. The molecule has 1 aromatic rings. The van der Waals surface area contributed by atoms with Gasteiger partial charge >= 0.3 is 5.97 Å². The van der Waals surface area contributed by atoms with E-state index in [9.17, 15) is 4.79 Å². The van der Waals surface area contributed by atoms with Gasteiger partial charge in [-0.15, -0.1) is 0 Å². The Morgan fingerprint density at radius 3 is 2.44 bits per heavy atom. The van der Waals surface area contributed by atoms with Crippen LogP contribution in [-0.4, -0.2) is 23.8 Å². The molecule has 0 aromatic heterocycles. The fraction of sp³-hybridized carbons (Fsp3) is 0.357. The molecule has 1 rings (SSSR count). The van der Waals surface area contributed by atoms with Crippen LogP contribution in [0, 0.1) is 0 Å². The van der Waals surface area contributed by atoms with Crippen LogP contribution in [0.2, 0.25) is 0 Å². The molecule has 0 saturated heterocycles. The molecule has 18 heavy (non-hydrogen) atoms. The van der Waals surface area contributed by atoms with Crippen molar-refractivity contribution in [2.24, 2.45) is 0 Å². The summed E-state index contributed by atoms with van der Waals surface area (Å²) in [5.74, 6) is -0.0808. The van der Waals surface area contributed by atoms with Gasteiger partial charge in [0, 0.05) is 6.61 Å². The number of hydrogen-bond donors (Lipinski definition) is 1. The maximum atomic E-state index is 11.0. The van der Waals surface area contributed by atoms with Crippen LogP contribution in [0.25, 0.3) is 0 Å². The molecule has 98 valence electrons. The van der Waals surface area contributed by atoms with Crippen LogP contribution in [0.3, 0.4) is 0 Å². The molecular formula is C14H18O4. The van der Waals surface area contributed by atoms with Crippen molar-refractivity contribution in [1.82, 2.24) is 0 Å². The Morgan fingerprint density at radius 2 is 1.94 bits per heavy atom. The quantitative estimate of drug-likeness (QED) is 0.623. The maximum absolute atomic E-state index is 11.0. The summed E-state index contributed by atoms with van der Waals surface area (Å²) in [6.45, 7) is 5.63. The van der Waals surface area contributed by atoms with Gasteiger partial charge in [0.2, 0.25) is 0 Å². The minimum Gasteiger partial charge on any atom is -0.478 e. The first-order valence-electron chi connectivity index (χ1n) is 5.84. The number of ether oxygens (including phenoxy) is 2. The van der Waals surface area contributed by atoms with Gasteiger partial charge in [0.05, 0.1) is 5.57 Å². The molecule has 1 N–H and O–H groups in total. The van der Waals surface area contributed by atoms with Gasteiger partial charge in [0.25, 0.3) is 0 Å². The van der Waals surface area contributed by atoms with Crippen LogP contribution >= 0.6 is 0 Å². The molecule has 1 unspecified atom stereocenters. The fourth-order valence-electron chi connectivity index (χ4n) is 1.51. The number of carboxylic acid groups (broad SMARTS) is 1. The molecule has 0 bridgehead atoms. The zero-order valence-electron chi connectivity index (χ0n) is 10.8. The average Bonchev–Trinajstić information content (AvgIpc) is 2.36. The minimum atomic E-state index is -1.01. The zero-order chi connectivity index (χ0) is 13.5. The number of aliphatic carboxylic acids is 1. The lowest BCUT2D eigenvalue weighted by atomic mass is 10.2. The molecule has 0 amide bonds. The molecule has 4 nitrogen and oxygen atoms in total. The predicted octanol–water partition coefficient (Wildman–Crippen LogP) is 2.85. The lowest BCUT2D eigenvalue weighted by Crippen LogP contribution is -2.20. The normalized spacial score (nSPS) is 13.7. The van der Waals surface area contributed by atoms with Crippen molar-refractivity contribution >= 4 is 5.97 Å². The van der Waals surface area contributed by atoms with E-state index in [1.54, 1.807) is 19.1 Å². The van der Waals surface area contributed by atoms with Crippen LogP contribution in [0.15, 0.2) is 41.7 Å². The van der Waals surface area contributed by atoms with E-state index in [-0.39, 0.29) is 5.57 Å². The summed E-state index contributed by atoms with van der Waals surface area (Å²) in [6, 6.07) is 9.07. The molecule has 1 aromatic carbocycles. The highest BCUT2D eigenvalue weighted by atomic mass is 16.5. The van der Waals surface area contributed by atoms with E-state index in [1.165, 1.54) is 6.92 Å². The Hall–Kier alpha value is -1.81. The molecular weight excluding hydrogens is 232 g/mol. The van der Waals surface area contributed by atoms with E-state index < -0.39 is 12.1 Å². The van der Waals surface area contributed by atoms with E-state index in [2.05, 4.69) is 0 Å². The molecule has 1 atom stereocenters. The fourth-order valence-corrected chi connectivity index (χ4v) is 1.51. The summed E-state index contributed by atoms with van der Waals surface area (Å²) in [5, 5.41) is 9.05. The molecule has 0 radical (unpaired) electrons. The smallest absolute Gasteiger partial charge is 0.334 e. The summed E-state index contributed by atoms with van der Waals surface area (Å²) in [7, 11) is 0. The van der Waals surface area contributed by atoms with Crippen LogP contribution in [0.1, 0.15) is 20.8 Å². The van der Waals surface area contributed by atoms with Crippen molar-refractivity contribution in [1.29, 1.82) is 0 Å². The SMILES string of the molecule is CCOC(C)/C(Oc1ccccc1)=C(/C)C(=O)O. The van der Waals surface area contributed by atoms with Gasteiger partial charge in [-0.25, -0.2) is 4.79 Å². The Balaban J connectivity index is 2.99. The average molecular weight is 250 g/mol. The number of rotatable bonds is 6. The highest BCUT2D eigenvalue weighted by Crippen LogP contribution is 2.19. The van der Waals surface area contributed by atoms with E-state index >= 15 is 0 Å². The van der Waals surface area contributed by atoms with Crippen LogP contribution in [0.5, 0.6) is 5.75 Å². The number of carboxylic acids is 1. The second-order valence-electron chi connectivity index (χ2n) is 3.81. The first-order valence-corrected chi connectivity index (χ1v) is 5.84. The van der Waals surface area contributed by atoms with Gasteiger partial charge in [-0.05, 0) is 32.9 Å². The standard InChI is InChI=1S/C14H18O4/c1-4-17-11(3)13(10(2)14(15)16)18-12-8-6-5-7-9-12/h5-9,11H,4H2,1-3H3,(H,15,16)/b13-10+. The summed E-state index contributed by atoms with van der Waals surface area (Å²) < 4.78 is 11.0. The molecule has 0 saturated carbocycles. The van der Waals surface area contributed by atoms with Gasteiger partial charge in [-0.1, -0.05) is 18.2 Å². The molecule has 0 spiro atoms. The van der Waals surface area contributed by atoms with Gasteiger partial charge in [0.15, 0.2) is 0 Å². The third-order valence-corrected chi connectivity index (χ3v) is 2.45. The second kappa shape index (κ2) is 6.81. The highest BCUT2D eigenvalue weighted by molar-refractivity contribution is 5.86. The van der Waals surface area contributed by atoms with Crippen molar-refractivity contribution in [3.63, 3.8) is 0 Å². The first kappa shape index (κ1) is 14.3. The van der Waals surface area contributed by atoms with Crippen molar-refractivity contribution in [3.8, 4) is 5.75 Å². The zero-order valence-corrected chi connectivity index (χ0v) is 10.8. The number of para-hydroxylation sites is 1. The Morgan fingerprint density at radius 1 is 1.33 bits per heavy atom. The van der Waals surface area contributed by atoms with Crippen LogP contribution < -0.4 is 4.74 Å². The van der Waals surface area contributed by atoms with E-state index in [0.29, 0.717) is 18.1 Å². The molecule has 0 aliphatic heterocycles. The predicted molar refractivity (Wildman–Crippen MR) is 68.5 cm³/mol. The monoisotopic (exact) mass is 250 g/mol. The Labute approximate surface area is 107 Å². The van der Waals surface area contributed by atoms with E-state index in [1.807, 2.05) is 25.1 Å². The Bertz CT molecular complexity index is 423. The molecule has 0 fully saturated rings. The van der Waals surface area contributed by atoms with Crippen LogP contribution in [-0.2, 0) is 9.53 Å². The Kier molecular flexibility index (Phi) is 5.39. The van der Waals surface area contributed by atoms with Crippen molar-refractivity contribution < 1.29 is 19.4 Å². The summed E-state index contributed by atoms with van der Waals surface area (Å²) in [6.07, 6.45) is -0.397. The molecule has 0 heterocycles. The van der Waals surface area contributed by atoms with E-state index in [4.69, 9.17) is 14.6 Å². The second-order valence-corrected chi connectivity index (χ2v) is 3.81. The summed E-state index contributed by atoms with van der Waals surface area (Å²) >= 11 is 0. The topological polar surface area (TPSA) is 55.8 Å². The summed E-state index contributed by atoms with van der Waals surface area (Å²) in [5.41, 5.74) is 0.153. The number of hydrogen-bond acceptors (Lipinski definition) is 3. The lowest BCUT2D eigenvalue weighted by Gasteiger charge is -2.18. The van der Waals surface area contributed by atoms with Crippen molar-refractivity contribution in [3.05, 3.63) is 41.7 Å². The molecule has 4 heteroatoms. The molecule has 0 aliphatic carbocycles. The first-order chi connectivity index (χ1) is 8.56. The van der Waals surface area contributed by atoms with Gasteiger partial charge in [-0.3, -0.25) is 0 Å². The lowest BCUT2D eigenvalue weighted by molar-refractivity contribution is -0.132. The number of benzene rings is 1. The highest BCUT2D eigenvalue weighted by Gasteiger charge is 2.18. The molecule has 0 aliphatic rings. The van der Waals surface area contributed by atoms with Crippen molar-refractivity contribution in [2.45, 2.75) is 26.9 Å². The van der Waals surface area contributed by atoms with Crippen molar-refractivity contribution in [2.75, 3.05) is 6.61 Å².